The molecular formula is C88H72B4F8N10. The van der Waals surface area contributed by atoms with Crippen LogP contribution >= 0.6 is 0 Å². The molecule has 0 atom stereocenters. The Morgan fingerprint density at radius 2 is 0.600 bits per heavy atom. The van der Waals surface area contributed by atoms with Crippen molar-refractivity contribution >= 4 is 73.0 Å². The van der Waals surface area contributed by atoms with Gasteiger partial charge in [0.15, 0.2) is 22.8 Å². The second-order valence-corrected chi connectivity index (χ2v) is 29.9. The predicted molar refractivity (Wildman–Crippen MR) is 423 cm³/mol. The van der Waals surface area contributed by atoms with Crippen molar-refractivity contribution in [1.29, 1.82) is 0 Å². The minimum absolute atomic E-state index is 0.126. The normalized spacial score (nSPS) is 17.9. The summed E-state index contributed by atoms with van der Waals surface area (Å²) < 4.78 is 152. The quantitative estimate of drug-likeness (QED) is 0.100. The summed E-state index contributed by atoms with van der Waals surface area (Å²) >= 11 is 0. The largest absolute Gasteiger partial charge is 0.737 e. The van der Waals surface area contributed by atoms with Crippen LogP contribution in [0.15, 0.2) is 202 Å². The van der Waals surface area contributed by atoms with Crippen LogP contribution < -0.4 is 0 Å². The number of aryl methyl sites for hydroxylation is 4. The lowest BCUT2D eigenvalue weighted by atomic mass is 9.84. The Morgan fingerprint density at radius 3 is 0.909 bits per heavy atom. The topological polar surface area (TPSA) is 57.5 Å². The number of rotatable bonds is 4. The molecule has 0 saturated heterocycles. The van der Waals surface area contributed by atoms with Crippen LogP contribution in [-0.2, 0) is 0 Å². The maximum Gasteiger partial charge on any atom is 0.737 e. The van der Waals surface area contributed by atoms with E-state index in [1.165, 1.54) is 0 Å². The molecule has 13 heterocycles. The summed E-state index contributed by atoms with van der Waals surface area (Å²) in [6.45, 7) is 9.23. The van der Waals surface area contributed by atoms with E-state index in [2.05, 4.69) is 47.4 Å². The van der Waals surface area contributed by atoms with Gasteiger partial charge in [-0.15, -0.1) is 0 Å². The van der Waals surface area contributed by atoms with Gasteiger partial charge >= 0.3 is 27.9 Å². The number of benzene rings is 4. The molecule has 0 spiro atoms. The van der Waals surface area contributed by atoms with Crippen molar-refractivity contribution in [3.05, 3.63) is 326 Å². The van der Waals surface area contributed by atoms with Crippen molar-refractivity contribution in [3.63, 3.8) is 0 Å². The molecule has 542 valence electrons. The number of aromatic nitrogens is 6. The van der Waals surface area contributed by atoms with E-state index in [-0.39, 0.29) is 90.6 Å². The van der Waals surface area contributed by atoms with Gasteiger partial charge < -0.3 is 70.4 Å². The molecule has 0 N–H and O–H groups in total. The monoisotopic (exact) mass is 1460 g/mol. The first-order valence-corrected chi connectivity index (χ1v) is 36.7. The lowest BCUT2D eigenvalue weighted by Crippen LogP contribution is -2.51. The average Bonchev–Trinajstić information content (AvgIpc) is 1.55. The number of nitrogens with zero attached hydrogens (tertiary/aromatic N) is 10. The van der Waals surface area contributed by atoms with Crippen LogP contribution in [0.1, 0.15) is 179 Å². The molecule has 0 radical (unpaired) electrons. The zero-order valence-electron chi connectivity index (χ0n) is 63.7. The molecular weight excluding hydrogens is 1390 g/mol. The number of allylic oxidation sites excluding steroid dienone is 8. The second-order valence-electron chi connectivity index (χ2n) is 29.9. The molecule has 8 aliphatic rings. The predicted octanol–water partition coefficient (Wildman–Crippen LogP) is 17.5. The fourth-order valence-electron chi connectivity index (χ4n) is 18.8. The Bertz CT molecular complexity index is 6160. The third kappa shape index (κ3) is 9.80. The Morgan fingerprint density at radius 1 is 0.318 bits per heavy atom. The third-order valence-corrected chi connectivity index (χ3v) is 23.2. The Balaban J connectivity index is 0.946. The molecule has 0 fully saturated rings. The van der Waals surface area contributed by atoms with Gasteiger partial charge in [0.1, 0.15) is 45.6 Å². The number of halogens is 8. The van der Waals surface area contributed by atoms with Gasteiger partial charge in [-0.25, -0.2) is 9.97 Å². The number of fused-ring (bicyclic) bond motifs is 8. The SMILES string of the molecule is CC1=CC(C)=[N+]2C1=C(c1ccccc1)c1c(C)c(C#Cc3nc(C#CC4=C(C)C5=C(c6ccccc6)c6c(C)cc(C)n6[B-](F)(F)[N+]5=C4C)c(C#CC4=C(C)C5=C(c6ccccc6)c6c(C)cc(C)n6[B-](F)(F)[N+]5=C4C)nc3C#Cc3c(C)c4n(c3C)[B-](F)(F)[N+]3=C(C)C=C(C)C3=C4c3ccccc3)c(C)n1[B-]2(F)F. The Labute approximate surface area is 633 Å². The van der Waals surface area contributed by atoms with Gasteiger partial charge in [-0.2, -0.15) is 0 Å². The van der Waals surface area contributed by atoms with Gasteiger partial charge in [-0.05, 0) is 175 Å². The first-order valence-electron chi connectivity index (χ1n) is 36.7. The smallest absolute Gasteiger partial charge is 0.393 e. The van der Waals surface area contributed by atoms with Crippen molar-refractivity contribution in [2.45, 2.75) is 111 Å². The van der Waals surface area contributed by atoms with Crippen LogP contribution in [0.5, 0.6) is 0 Å². The molecule has 0 aliphatic carbocycles. The average molecular weight is 1460 g/mol. The molecule has 0 saturated carbocycles. The lowest BCUT2D eigenvalue weighted by molar-refractivity contribution is -0.364. The van der Waals surface area contributed by atoms with E-state index in [1.54, 1.807) is 107 Å². The zero-order chi connectivity index (χ0) is 77.8. The highest BCUT2D eigenvalue weighted by atomic mass is 19.3. The molecule has 17 rings (SSSR count). The van der Waals surface area contributed by atoms with E-state index < -0.39 is 27.9 Å². The maximum atomic E-state index is 17.9. The third-order valence-electron chi connectivity index (χ3n) is 23.2. The molecule has 10 nitrogen and oxygen atoms in total. The van der Waals surface area contributed by atoms with Crippen LogP contribution in [0.2, 0.25) is 0 Å². The summed E-state index contributed by atoms with van der Waals surface area (Å²) in [5.74, 6) is 26.0. The fourth-order valence-corrected chi connectivity index (χ4v) is 18.8. The van der Waals surface area contributed by atoms with Gasteiger partial charge in [0, 0.05) is 107 Å². The van der Waals surface area contributed by atoms with Crippen LogP contribution in [0.4, 0.5) is 34.5 Å². The van der Waals surface area contributed by atoms with Gasteiger partial charge in [-0.3, -0.25) is 0 Å². The molecule has 4 aromatic carbocycles. The lowest BCUT2D eigenvalue weighted by Gasteiger charge is -2.34. The van der Waals surface area contributed by atoms with Crippen molar-refractivity contribution in [2.75, 3.05) is 0 Å². The van der Waals surface area contributed by atoms with Crippen LogP contribution in [0.3, 0.4) is 0 Å². The van der Waals surface area contributed by atoms with Crippen molar-refractivity contribution < 1.29 is 52.5 Å². The molecule has 0 amide bonds. The summed E-state index contributed by atoms with van der Waals surface area (Å²) in [5, 5.41) is 0. The highest BCUT2D eigenvalue weighted by molar-refractivity contribution is 6.60. The Kier molecular flexibility index (Phi) is 15.8. The molecule has 110 heavy (non-hydrogen) atoms. The van der Waals surface area contributed by atoms with E-state index in [0.717, 1.165) is 35.9 Å². The van der Waals surface area contributed by atoms with Crippen LogP contribution in [0, 0.1) is 103 Å². The van der Waals surface area contributed by atoms with Crippen LogP contribution in [-0.4, -0.2) is 96.6 Å². The summed E-state index contributed by atoms with van der Waals surface area (Å²) in [7, 11) is 0. The van der Waals surface area contributed by atoms with E-state index in [4.69, 9.17) is 9.97 Å². The molecule has 0 bridgehead atoms. The van der Waals surface area contributed by atoms with E-state index >= 15 is 34.5 Å². The molecule has 9 aromatic rings. The second kappa shape index (κ2) is 24.6. The van der Waals surface area contributed by atoms with Crippen molar-refractivity contribution in [2.24, 2.45) is 0 Å². The van der Waals surface area contributed by atoms with Gasteiger partial charge in [0.05, 0.1) is 33.4 Å². The zero-order valence-corrected chi connectivity index (χ0v) is 63.7. The number of hydrogen-bond acceptors (Lipinski definition) is 2. The first kappa shape index (κ1) is 70.6. The summed E-state index contributed by atoms with van der Waals surface area (Å²) in [4.78, 5) is 10.5. The van der Waals surface area contributed by atoms with E-state index in [0.29, 0.717) is 135 Å². The molecule has 22 heteroatoms. The first-order chi connectivity index (χ1) is 52.3. The highest BCUT2D eigenvalue weighted by Crippen LogP contribution is 2.51. The summed E-state index contributed by atoms with van der Waals surface area (Å²) in [6, 6.07) is 41.0. The maximum absolute atomic E-state index is 17.9. The van der Waals surface area contributed by atoms with Crippen molar-refractivity contribution in [1.82, 2.24) is 27.9 Å². The number of hydrogen-bond donors (Lipinski definition) is 0. The standard InChI is InChI=1S/C88H72B4F8N10/c1-49-45-53(5)103-81(49)77(65-29-21-17-22-30-65)85-57(9)69(61(13)107(85)89(103,93)94)37-41-73-74(42-38-70-58(10)86-78(66-31-23-18-24-32-66)82-50(2)46-54(6)104(82)90(95,96)108(86)62(70)14)102-76(44-40-72-60(12)88-80(68-35-27-20-28-36-68)84-52(4)48-56(8)106(84)92(99,100)110(88)64(72)16)75(101-73)43-39-71-59(11)87-79(67-33-25-19-26-34-67)83-51(3)47-55(7)105(83)91(97,98)109(87)63(71)15/h17-36,45-48H,1-16H3. The van der Waals surface area contributed by atoms with E-state index in [9.17, 15) is 0 Å². The minimum atomic E-state index is -4.54. The van der Waals surface area contributed by atoms with Crippen molar-refractivity contribution in [3.8, 4) is 47.4 Å². The van der Waals surface area contributed by atoms with Gasteiger partial charge in [-0.1, -0.05) is 145 Å². The van der Waals surface area contributed by atoms with Crippen LogP contribution in [0.25, 0.3) is 22.3 Å². The highest BCUT2D eigenvalue weighted by Gasteiger charge is 2.60. The van der Waals surface area contributed by atoms with Gasteiger partial charge in [0.2, 0.25) is 0 Å². The summed E-state index contributed by atoms with van der Waals surface area (Å²) in [6.07, 6.45) is 3.52. The van der Waals surface area contributed by atoms with Gasteiger partial charge in [0.25, 0.3) is 0 Å². The minimum Gasteiger partial charge on any atom is -0.393 e. The molecule has 0 unspecified atom stereocenters. The van der Waals surface area contributed by atoms with E-state index in [1.807, 2.05) is 149 Å². The fraction of sp³-hybridized carbons (Fsp3) is 0.182. The molecule has 8 aliphatic heterocycles. The summed E-state index contributed by atoms with van der Waals surface area (Å²) in [5.41, 5.74) is 14.8. The Hall–Kier alpha value is -12.4. The molecule has 5 aromatic heterocycles.